The zero-order chi connectivity index (χ0) is 15.8. The summed E-state index contributed by atoms with van der Waals surface area (Å²) in [5.74, 6) is 0.438. The predicted octanol–water partition coefficient (Wildman–Crippen LogP) is 1.38. The van der Waals surface area contributed by atoms with Gasteiger partial charge < -0.3 is 14.9 Å². The maximum absolute atomic E-state index is 12.5. The van der Waals surface area contributed by atoms with Crippen molar-refractivity contribution in [2.24, 2.45) is 0 Å². The van der Waals surface area contributed by atoms with Gasteiger partial charge in [0.2, 0.25) is 5.56 Å². The van der Waals surface area contributed by atoms with Crippen LogP contribution < -0.4 is 10.9 Å². The fourth-order valence-corrected chi connectivity index (χ4v) is 2.70. The summed E-state index contributed by atoms with van der Waals surface area (Å²) < 4.78 is 2.00. The second kappa shape index (κ2) is 5.35. The first-order valence-corrected chi connectivity index (χ1v) is 7.51. The van der Waals surface area contributed by atoms with E-state index in [1.807, 2.05) is 22.8 Å². The van der Waals surface area contributed by atoms with Gasteiger partial charge >= 0.3 is 0 Å². The van der Waals surface area contributed by atoms with Crippen LogP contribution in [-0.4, -0.2) is 25.7 Å². The minimum Gasteiger partial charge on any atom is -0.345 e. The molecule has 1 aliphatic carbocycles. The van der Waals surface area contributed by atoms with Crippen molar-refractivity contribution in [3.05, 3.63) is 58.4 Å². The maximum atomic E-state index is 12.5. The third-order valence-corrected chi connectivity index (χ3v) is 3.99. The second-order valence-corrected chi connectivity index (χ2v) is 5.66. The second-order valence-electron chi connectivity index (χ2n) is 5.66. The first-order valence-electron chi connectivity index (χ1n) is 7.51. The van der Waals surface area contributed by atoms with Gasteiger partial charge in [-0.1, -0.05) is 18.2 Å². The van der Waals surface area contributed by atoms with Gasteiger partial charge in [0.25, 0.3) is 5.91 Å². The quantitative estimate of drug-likeness (QED) is 0.761. The molecular formula is C16H15N5O2. The van der Waals surface area contributed by atoms with Crippen LogP contribution in [0.25, 0.3) is 10.9 Å². The molecule has 116 valence electrons. The van der Waals surface area contributed by atoms with E-state index in [2.05, 4.69) is 20.5 Å². The molecule has 1 aliphatic rings. The summed E-state index contributed by atoms with van der Waals surface area (Å²) in [5.41, 5.74) is 0.711. The number of nitrogens with zero attached hydrogens (tertiary/aromatic N) is 3. The highest BCUT2D eigenvalue weighted by atomic mass is 16.2. The van der Waals surface area contributed by atoms with Gasteiger partial charge in [-0.2, -0.15) is 0 Å². The average Bonchev–Trinajstić information content (AvgIpc) is 3.30. The smallest absolute Gasteiger partial charge is 0.252 e. The van der Waals surface area contributed by atoms with Crippen LogP contribution in [0.5, 0.6) is 0 Å². The van der Waals surface area contributed by atoms with Crippen molar-refractivity contribution in [2.75, 3.05) is 0 Å². The molecule has 0 bridgehead atoms. The normalized spacial score (nSPS) is 14.1. The Morgan fingerprint density at radius 3 is 3.00 bits per heavy atom. The number of para-hydroxylation sites is 1. The molecule has 7 nitrogen and oxygen atoms in total. The molecule has 3 aromatic rings. The summed E-state index contributed by atoms with van der Waals surface area (Å²) >= 11 is 0. The van der Waals surface area contributed by atoms with Gasteiger partial charge in [0.1, 0.15) is 6.33 Å². The van der Waals surface area contributed by atoms with Crippen molar-refractivity contribution in [3.8, 4) is 0 Å². The van der Waals surface area contributed by atoms with Crippen LogP contribution in [0.15, 0.2) is 41.5 Å². The highest BCUT2D eigenvalue weighted by Gasteiger charge is 2.26. The van der Waals surface area contributed by atoms with E-state index in [1.54, 1.807) is 12.4 Å². The topological polar surface area (TPSA) is 92.7 Å². The molecule has 0 spiro atoms. The van der Waals surface area contributed by atoms with E-state index in [0.717, 1.165) is 18.7 Å². The van der Waals surface area contributed by atoms with Gasteiger partial charge in [0.05, 0.1) is 12.1 Å². The van der Waals surface area contributed by atoms with Gasteiger partial charge in [0, 0.05) is 23.0 Å². The molecule has 0 saturated heterocycles. The number of H-pyrrole nitrogens is 1. The fraction of sp³-hybridized carbons (Fsp3) is 0.250. The molecule has 2 N–H and O–H groups in total. The monoisotopic (exact) mass is 309 g/mol. The van der Waals surface area contributed by atoms with Crippen molar-refractivity contribution in [1.29, 1.82) is 0 Å². The van der Waals surface area contributed by atoms with Gasteiger partial charge in [0.15, 0.2) is 5.82 Å². The molecule has 1 amide bonds. The van der Waals surface area contributed by atoms with E-state index in [4.69, 9.17) is 0 Å². The fourth-order valence-electron chi connectivity index (χ4n) is 2.70. The molecule has 1 fully saturated rings. The number of aromatic nitrogens is 4. The summed E-state index contributed by atoms with van der Waals surface area (Å²) in [5, 5.41) is 11.5. The number of fused-ring (bicyclic) bond motifs is 1. The Hall–Kier alpha value is -2.96. The molecular weight excluding hydrogens is 294 g/mol. The number of amides is 1. The number of carbonyl (C=O) groups excluding carboxylic acids is 1. The molecule has 0 unspecified atom stereocenters. The van der Waals surface area contributed by atoms with Crippen LogP contribution in [-0.2, 0) is 6.54 Å². The molecule has 7 heteroatoms. The van der Waals surface area contributed by atoms with E-state index < -0.39 is 0 Å². The molecule has 1 aromatic carbocycles. The minimum absolute atomic E-state index is 0.288. The van der Waals surface area contributed by atoms with E-state index in [0.29, 0.717) is 22.5 Å². The third-order valence-electron chi connectivity index (χ3n) is 3.99. The number of benzene rings is 1. The Kier molecular flexibility index (Phi) is 3.18. The number of hydrogen-bond donors (Lipinski definition) is 2. The van der Waals surface area contributed by atoms with Gasteiger partial charge in [-0.25, -0.2) is 0 Å². The van der Waals surface area contributed by atoms with Gasteiger partial charge in [-0.15, -0.1) is 10.2 Å². The third kappa shape index (κ3) is 2.61. The largest absolute Gasteiger partial charge is 0.345 e. The lowest BCUT2D eigenvalue weighted by Crippen LogP contribution is -2.26. The molecule has 0 atom stereocenters. The summed E-state index contributed by atoms with van der Waals surface area (Å²) in [6, 6.07) is 9.02. The summed E-state index contributed by atoms with van der Waals surface area (Å²) in [6.07, 6.45) is 3.94. The number of hydrogen-bond acceptors (Lipinski definition) is 4. The number of rotatable bonds is 4. The Labute approximate surface area is 131 Å². The lowest BCUT2D eigenvalue weighted by Gasteiger charge is -2.08. The SMILES string of the molecule is O=C(NCc1nncn1C1CC1)c1cc(=O)[nH]c2ccccc12. The molecule has 1 saturated carbocycles. The van der Waals surface area contributed by atoms with Crippen LogP contribution in [0.2, 0.25) is 0 Å². The lowest BCUT2D eigenvalue weighted by molar-refractivity contribution is 0.0951. The van der Waals surface area contributed by atoms with Crippen molar-refractivity contribution in [1.82, 2.24) is 25.1 Å². The number of aromatic amines is 1. The molecule has 4 rings (SSSR count). The predicted molar refractivity (Wildman–Crippen MR) is 84.0 cm³/mol. The Bertz CT molecular complexity index is 939. The highest BCUT2D eigenvalue weighted by molar-refractivity contribution is 6.05. The van der Waals surface area contributed by atoms with Crippen molar-refractivity contribution in [3.63, 3.8) is 0 Å². The van der Waals surface area contributed by atoms with E-state index in [9.17, 15) is 9.59 Å². The average molecular weight is 309 g/mol. The van der Waals surface area contributed by atoms with Crippen LogP contribution in [0.1, 0.15) is 35.1 Å². The van der Waals surface area contributed by atoms with Crippen molar-refractivity contribution >= 4 is 16.8 Å². The Morgan fingerprint density at radius 1 is 1.35 bits per heavy atom. The summed E-state index contributed by atoms with van der Waals surface area (Å²) in [6.45, 7) is 0.288. The molecule has 2 aromatic heterocycles. The number of pyridine rings is 1. The zero-order valence-electron chi connectivity index (χ0n) is 12.3. The molecule has 0 radical (unpaired) electrons. The molecule has 2 heterocycles. The first kappa shape index (κ1) is 13.7. The Morgan fingerprint density at radius 2 is 2.17 bits per heavy atom. The van der Waals surface area contributed by atoms with Gasteiger partial charge in [-0.05, 0) is 18.9 Å². The van der Waals surface area contributed by atoms with Crippen molar-refractivity contribution < 1.29 is 4.79 Å². The molecule has 0 aliphatic heterocycles. The number of nitrogens with one attached hydrogen (secondary N) is 2. The minimum atomic E-state index is -0.296. The van der Waals surface area contributed by atoms with Crippen LogP contribution in [0.3, 0.4) is 0 Å². The number of carbonyl (C=O) groups is 1. The van der Waals surface area contributed by atoms with Crippen LogP contribution >= 0.6 is 0 Å². The van der Waals surface area contributed by atoms with Crippen LogP contribution in [0.4, 0.5) is 0 Å². The highest BCUT2D eigenvalue weighted by Crippen LogP contribution is 2.35. The van der Waals surface area contributed by atoms with Crippen LogP contribution in [0, 0.1) is 0 Å². The first-order chi connectivity index (χ1) is 11.2. The van der Waals surface area contributed by atoms with Crippen molar-refractivity contribution in [2.45, 2.75) is 25.4 Å². The summed E-state index contributed by atoms with van der Waals surface area (Å²) in [7, 11) is 0. The standard InChI is InChI=1S/C16H15N5O2/c22-15-7-12(11-3-1-2-4-13(11)19-15)16(23)17-8-14-20-18-9-21(14)10-5-6-10/h1-4,7,9-10H,5-6,8H2,(H,17,23)(H,19,22). The maximum Gasteiger partial charge on any atom is 0.252 e. The lowest BCUT2D eigenvalue weighted by atomic mass is 10.1. The van der Waals surface area contributed by atoms with Gasteiger partial charge in [-0.3, -0.25) is 9.59 Å². The zero-order valence-corrected chi connectivity index (χ0v) is 12.3. The van der Waals surface area contributed by atoms with E-state index in [1.165, 1.54) is 6.07 Å². The van der Waals surface area contributed by atoms with E-state index in [-0.39, 0.29) is 18.0 Å². The van der Waals surface area contributed by atoms with E-state index >= 15 is 0 Å². The summed E-state index contributed by atoms with van der Waals surface area (Å²) in [4.78, 5) is 26.9. The molecule has 23 heavy (non-hydrogen) atoms. The Balaban J connectivity index is 1.59.